The van der Waals surface area contributed by atoms with Crippen LogP contribution >= 0.6 is 15.9 Å². The number of amides is 2. The van der Waals surface area contributed by atoms with E-state index in [0.717, 1.165) is 15.6 Å². The molecule has 4 heteroatoms. The Hall–Kier alpha value is -2.72. The first-order valence-electron chi connectivity index (χ1n) is 8.90. The van der Waals surface area contributed by atoms with Crippen molar-refractivity contribution in [3.05, 3.63) is 101 Å². The molecule has 1 aliphatic carbocycles. The normalized spacial score (nSPS) is 22.6. The van der Waals surface area contributed by atoms with Crippen LogP contribution in [-0.4, -0.2) is 11.8 Å². The summed E-state index contributed by atoms with van der Waals surface area (Å²) in [6.07, 6.45) is 0. The van der Waals surface area contributed by atoms with E-state index in [2.05, 4.69) is 15.9 Å². The van der Waals surface area contributed by atoms with Gasteiger partial charge < -0.3 is 0 Å². The quantitative estimate of drug-likeness (QED) is 0.585. The van der Waals surface area contributed by atoms with Gasteiger partial charge in [-0.25, -0.2) is 4.90 Å². The second kappa shape index (κ2) is 5.89. The Labute approximate surface area is 165 Å². The Bertz CT molecular complexity index is 985. The first kappa shape index (κ1) is 16.5. The van der Waals surface area contributed by atoms with Crippen molar-refractivity contribution in [3.8, 4) is 0 Å². The predicted octanol–water partition coefficient (Wildman–Crippen LogP) is 4.55. The average Bonchev–Trinajstić information content (AvgIpc) is 3.33. The summed E-state index contributed by atoms with van der Waals surface area (Å²) in [5, 5.41) is 0. The van der Waals surface area contributed by atoms with Gasteiger partial charge in [0.1, 0.15) is 0 Å². The van der Waals surface area contributed by atoms with Crippen LogP contribution in [0.3, 0.4) is 0 Å². The Morgan fingerprint density at radius 3 is 1.70 bits per heavy atom. The molecule has 0 bridgehead atoms. The number of nitrogens with zero attached hydrogens (tertiary/aromatic N) is 1. The van der Waals surface area contributed by atoms with E-state index in [1.165, 1.54) is 4.90 Å². The molecule has 27 heavy (non-hydrogen) atoms. The lowest BCUT2D eigenvalue weighted by atomic mass is 9.83. The predicted molar refractivity (Wildman–Crippen MR) is 107 cm³/mol. The molecule has 0 spiro atoms. The standard InChI is InChI=1S/C23H16BrNO2/c24-17-12-7-13-18(14-17)25-21(26)19-20(22(25)27)23(19,15-8-3-1-4-9-15)16-10-5-2-6-11-16/h1-14,19-20H. The molecule has 2 unspecified atom stereocenters. The first-order valence-corrected chi connectivity index (χ1v) is 9.69. The number of hydrogen-bond donors (Lipinski definition) is 0. The fraction of sp³-hybridized carbons (Fsp3) is 0.130. The number of halogens is 1. The fourth-order valence-electron chi connectivity index (χ4n) is 4.63. The lowest BCUT2D eigenvalue weighted by molar-refractivity contribution is -0.124. The molecular formula is C23H16BrNO2. The van der Waals surface area contributed by atoms with Crippen LogP contribution in [0, 0.1) is 11.8 Å². The minimum Gasteiger partial charge on any atom is -0.274 e. The summed E-state index contributed by atoms with van der Waals surface area (Å²) in [7, 11) is 0. The molecular weight excluding hydrogens is 402 g/mol. The number of piperidine rings is 1. The second-order valence-electron chi connectivity index (χ2n) is 7.05. The third kappa shape index (κ3) is 2.20. The molecule has 3 aromatic carbocycles. The van der Waals surface area contributed by atoms with Gasteiger partial charge in [0.25, 0.3) is 0 Å². The molecule has 5 rings (SSSR count). The third-order valence-corrected chi connectivity index (χ3v) is 6.24. The molecule has 1 heterocycles. The van der Waals surface area contributed by atoms with Gasteiger partial charge >= 0.3 is 0 Å². The van der Waals surface area contributed by atoms with Crippen LogP contribution in [0.4, 0.5) is 5.69 Å². The Morgan fingerprint density at radius 1 is 0.704 bits per heavy atom. The number of carbonyl (C=O) groups is 2. The summed E-state index contributed by atoms with van der Waals surface area (Å²) < 4.78 is 0.846. The highest BCUT2D eigenvalue weighted by molar-refractivity contribution is 9.10. The average molecular weight is 418 g/mol. The second-order valence-corrected chi connectivity index (χ2v) is 7.96. The molecule has 2 fully saturated rings. The largest absolute Gasteiger partial charge is 0.274 e. The minimum absolute atomic E-state index is 0.115. The van der Waals surface area contributed by atoms with Gasteiger partial charge in [0.15, 0.2) is 0 Å². The Balaban J connectivity index is 1.63. The lowest BCUT2D eigenvalue weighted by Crippen LogP contribution is -2.39. The van der Waals surface area contributed by atoms with Gasteiger partial charge in [-0.2, -0.15) is 0 Å². The van der Waals surface area contributed by atoms with E-state index in [-0.39, 0.29) is 23.7 Å². The fourth-order valence-corrected chi connectivity index (χ4v) is 5.02. The zero-order valence-electron chi connectivity index (χ0n) is 14.4. The van der Waals surface area contributed by atoms with Crippen molar-refractivity contribution in [2.75, 3.05) is 4.90 Å². The summed E-state index contributed by atoms with van der Waals surface area (Å²) in [6, 6.07) is 27.2. The molecule has 3 nitrogen and oxygen atoms in total. The monoisotopic (exact) mass is 417 g/mol. The van der Waals surface area contributed by atoms with Gasteiger partial charge in [-0.1, -0.05) is 82.7 Å². The van der Waals surface area contributed by atoms with E-state index in [9.17, 15) is 9.59 Å². The highest BCUT2D eigenvalue weighted by atomic mass is 79.9. The number of carbonyl (C=O) groups excluding carboxylic acids is 2. The van der Waals surface area contributed by atoms with Crippen molar-refractivity contribution in [2.45, 2.75) is 5.41 Å². The summed E-state index contributed by atoms with van der Waals surface area (Å²) in [6.45, 7) is 0. The minimum atomic E-state index is -0.556. The zero-order valence-corrected chi connectivity index (χ0v) is 16.0. The molecule has 2 atom stereocenters. The van der Waals surface area contributed by atoms with Crippen LogP contribution in [0.15, 0.2) is 89.4 Å². The van der Waals surface area contributed by atoms with Crippen molar-refractivity contribution >= 4 is 33.4 Å². The van der Waals surface area contributed by atoms with Gasteiger partial charge in [-0.05, 0) is 29.3 Å². The van der Waals surface area contributed by atoms with E-state index in [1.807, 2.05) is 78.9 Å². The molecule has 0 aromatic heterocycles. The number of anilines is 1. The molecule has 2 amide bonds. The maximum absolute atomic E-state index is 13.3. The maximum atomic E-state index is 13.3. The van der Waals surface area contributed by atoms with Crippen LogP contribution in [-0.2, 0) is 15.0 Å². The molecule has 2 aliphatic rings. The van der Waals surface area contributed by atoms with E-state index < -0.39 is 5.41 Å². The highest BCUT2D eigenvalue weighted by Gasteiger charge is 2.78. The maximum Gasteiger partial charge on any atom is 0.239 e. The topological polar surface area (TPSA) is 37.4 Å². The van der Waals surface area contributed by atoms with Gasteiger partial charge in [-0.15, -0.1) is 0 Å². The highest BCUT2D eigenvalue weighted by Crippen LogP contribution is 2.68. The smallest absolute Gasteiger partial charge is 0.239 e. The third-order valence-electron chi connectivity index (χ3n) is 5.75. The molecule has 0 N–H and O–H groups in total. The van der Waals surface area contributed by atoms with Crippen LogP contribution in [0.5, 0.6) is 0 Å². The number of benzene rings is 3. The van der Waals surface area contributed by atoms with Gasteiger partial charge in [0.05, 0.1) is 17.5 Å². The molecule has 1 aliphatic heterocycles. The summed E-state index contributed by atoms with van der Waals surface area (Å²) >= 11 is 3.42. The van der Waals surface area contributed by atoms with Crippen LogP contribution in [0.1, 0.15) is 11.1 Å². The van der Waals surface area contributed by atoms with Crippen LogP contribution in [0.25, 0.3) is 0 Å². The summed E-state index contributed by atoms with van der Waals surface area (Å²) in [5.41, 5.74) is 2.13. The van der Waals surface area contributed by atoms with E-state index in [4.69, 9.17) is 0 Å². The number of rotatable bonds is 3. The molecule has 3 aromatic rings. The van der Waals surface area contributed by atoms with Crippen LogP contribution < -0.4 is 4.90 Å². The number of imide groups is 1. The van der Waals surface area contributed by atoms with Crippen molar-refractivity contribution in [3.63, 3.8) is 0 Å². The van der Waals surface area contributed by atoms with E-state index in [1.54, 1.807) is 6.07 Å². The molecule has 1 saturated carbocycles. The van der Waals surface area contributed by atoms with Crippen molar-refractivity contribution in [1.29, 1.82) is 0 Å². The van der Waals surface area contributed by atoms with E-state index >= 15 is 0 Å². The summed E-state index contributed by atoms with van der Waals surface area (Å²) in [4.78, 5) is 28.0. The zero-order chi connectivity index (χ0) is 18.6. The van der Waals surface area contributed by atoms with Crippen molar-refractivity contribution in [2.24, 2.45) is 11.8 Å². The number of fused-ring (bicyclic) bond motifs is 1. The number of hydrogen-bond acceptors (Lipinski definition) is 2. The van der Waals surface area contributed by atoms with Gasteiger partial charge in [0, 0.05) is 9.89 Å². The van der Waals surface area contributed by atoms with Crippen LogP contribution in [0.2, 0.25) is 0 Å². The molecule has 0 radical (unpaired) electrons. The SMILES string of the molecule is O=C1C2C(C(=O)N1c1cccc(Br)c1)C2(c1ccccc1)c1ccccc1. The first-order chi connectivity index (χ1) is 13.2. The Kier molecular flexibility index (Phi) is 3.59. The van der Waals surface area contributed by atoms with Crippen molar-refractivity contribution in [1.82, 2.24) is 0 Å². The van der Waals surface area contributed by atoms with Gasteiger partial charge in [0.2, 0.25) is 11.8 Å². The van der Waals surface area contributed by atoms with Crippen molar-refractivity contribution < 1.29 is 9.59 Å². The summed E-state index contributed by atoms with van der Waals surface area (Å²) in [5.74, 6) is -0.936. The Morgan fingerprint density at radius 2 is 1.22 bits per heavy atom. The molecule has 1 saturated heterocycles. The van der Waals surface area contributed by atoms with Gasteiger partial charge in [-0.3, -0.25) is 9.59 Å². The lowest BCUT2D eigenvalue weighted by Gasteiger charge is -2.26. The molecule has 132 valence electrons. The van der Waals surface area contributed by atoms with E-state index in [0.29, 0.717) is 5.69 Å².